The van der Waals surface area contributed by atoms with Crippen LogP contribution >= 0.6 is 0 Å². The van der Waals surface area contributed by atoms with Crippen molar-refractivity contribution in [1.29, 1.82) is 0 Å². The van der Waals surface area contributed by atoms with Crippen LogP contribution in [0.5, 0.6) is 0 Å². The molecule has 1 N–H and O–H groups in total. The lowest BCUT2D eigenvalue weighted by atomic mass is 10.1. The zero-order valence-electron chi connectivity index (χ0n) is 12.7. The van der Waals surface area contributed by atoms with E-state index in [9.17, 15) is 9.59 Å². The fourth-order valence-electron chi connectivity index (χ4n) is 2.45. The topological polar surface area (TPSA) is 92.6 Å². The van der Waals surface area contributed by atoms with Crippen molar-refractivity contribution in [2.75, 3.05) is 19.7 Å². The summed E-state index contributed by atoms with van der Waals surface area (Å²) in [7, 11) is 0. The van der Waals surface area contributed by atoms with Gasteiger partial charge in [-0.25, -0.2) is 9.97 Å². The smallest absolute Gasteiger partial charge is 0.303 e. The Morgan fingerprint density at radius 3 is 2.95 bits per heavy atom. The molecular formula is C15H21N3O4. The van der Waals surface area contributed by atoms with Gasteiger partial charge < -0.3 is 14.7 Å². The number of hydrogen-bond acceptors (Lipinski definition) is 5. The van der Waals surface area contributed by atoms with Crippen molar-refractivity contribution in [2.45, 2.75) is 38.7 Å². The maximum Gasteiger partial charge on any atom is 0.303 e. The lowest BCUT2D eigenvalue weighted by molar-refractivity contribution is -0.144. The maximum atomic E-state index is 12.0. The van der Waals surface area contributed by atoms with Crippen LogP contribution in [-0.2, 0) is 20.7 Å². The molecule has 1 aromatic heterocycles. The zero-order valence-corrected chi connectivity index (χ0v) is 12.7. The molecule has 0 saturated carbocycles. The molecule has 1 fully saturated rings. The Morgan fingerprint density at radius 1 is 1.41 bits per heavy atom. The van der Waals surface area contributed by atoms with Gasteiger partial charge in [-0.3, -0.25) is 9.59 Å². The van der Waals surface area contributed by atoms with Gasteiger partial charge in [0.25, 0.3) is 0 Å². The quantitative estimate of drug-likeness (QED) is 0.836. The van der Waals surface area contributed by atoms with Gasteiger partial charge in [0.2, 0.25) is 5.91 Å². The molecule has 0 bridgehead atoms. The molecule has 2 rings (SSSR count). The van der Waals surface area contributed by atoms with E-state index in [1.54, 1.807) is 11.2 Å². The second-order valence-electron chi connectivity index (χ2n) is 5.42. The van der Waals surface area contributed by atoms with Crippen LogP contribution in [0.4, 0.5) is 0 Å². The van der Waals surface area contributed by atoms with Gasteiger partial charge in [0.15, 0.2) is 0 Å². The van der Waals surface area contributed by atoms with E-state index in [-0.39, 0.29) is 24.9 Å². The van der Waals surface area contributed by atoms with Crippen molar-refractivity contribution >= 4 is 11.9 Å². The van der Waals surface area contributed by atoms with Gasteiger partial charge in [0, 0.05) is 30.9 Å². The van der Waals surface area contributed by atoms with Gasteiger partial charge in [-0.2, -0.15) is 0 Å². The highest BCUT2D eigenvalue weighted by Crippen LogP contribution is 2.13. The van der Waals surface area contributed by atoms with E-state index in [0.717, 1.165) is 24.2 Å². The first-order chi connectivity index (χ1) is 10.5. The first kappa shape index (κ1) is 16.4. The highest BCUT2D eigenvalue weighted by Gasteiger charge is 2.24. The minimum atomic E-state index is -0.947. The van der Waals surface area contributed by atoms with Gasteiger partial charge >= 0.3 is 5.97 Å². The Morgan fingerprint density at radius 2 is 2.23 bits per heavy atom. The number of nitrogens with zero attached hydrogens (tertiary/aromatic N) is 3. The first-order valence-corrected chi connectivity index (χ1v) is 7.43. The number of carbonyl (C=O) groups excluding carboxylic acids is 1. The van der Waals surface area contributed by atoms with E-state index in [1.807, 2.05) is 13.0 Å². The summed E-state index contributed by atoms with van der Waals surface area (Å²) in [6.07, 6.45) is 2.99. The average Bonchev–Trinajstić information content (AvgIpc) is 2.51. The molecule has 1 atom stereocenters. The molecule has 2 heterocycles. The fraction of sp³-hybridized carbons (Fsp3) is 0.600. The van der Waals surface area contributed by atoms with Crippen LogP contribution in [0.2, 0.25) is 0 Å². The maximum absolute atomic E-state index is 12.0. The van der Waals surface area contributed by atoms with Gasteiger partial charge in [-0.05, 0) is 25.8 Å². The third-order valence-corrected chi connectivity index (χ3v) is 3.63. The second kappa shape index (κ2) is 7.84. The van der Waals surface area contributed by atoms with Gasteiger partial charge in [0.05, 0.1) is 19.1 Å². The number of aryl methyl sites for hydroxylation is 2. The van der Waals surface area contributed by atoms with E-state index in [4.69, 9.17) is 9.84 Å². The van der Waals surface area contributed by atoms with Crippen molar-refractivity contribution in [3.63, 3.8) is 0 Å². The molecule has 1 amide bonds. The van der Waals surface area contributed by atoms with Crippen molar-refractivity contribution in [3.8, 4) is 0 Å². The molecule has 1 aliphatic rings. The molecule has 0 aromatic carbocycles. The molecule has 7 heteroatoms. The van der Waals surface area contributed by atoms with Crippen LogP contribution in [0, 0.1) is 6.92 Å². The molecule has 0 aliphatic carbocycles. The monoisotopic (exact) mass is 307 g/mol. The molecule has 0 radical (unpaired) electrons. The van der Waals surface area contributed by atoms with Crippen LogP contribution in [0.15, 0.2) is 12.4 Å². The Kier molecular flexibility index (Phi) is 5.83. The molecule has 1 unspecified atom stereocenters. The number of carboxylic acids is 1. The number of carbonyl (C=O) groups is 2. The van der Waals surface area contributed by atoms with Crippen molar-refractivity contribution < 1.29 is 19.4 Å². The first-order valence-electron chi connectivity index (χ1n) is 7.43. The molecule has 120 valence electrons. The molecule has 1 aliphatic heterocycles. The molecule has 0 spiro atoms. The summed E-state index contributed by atoms with van der Waals surface area (Å²) in [6.45, 7) is 3.46. The molecule has 1 aromatic rings. The van der Waals surface area contributed by atoms with Crippen LogP contribution in [-0.4, -0.2) is 57.7 Å². The summed E-state index contributed by atoms with van der Waals surface area (Å²) in [5.41, 5.74) is 1.89. The van der Waals surface area contributed by atoms with Gasteiger partial charge in [-0.15, -0.1) is 0 Å². The fourth-order valence-corrected chi connectivity index (χ4v) is 2.45. The third kappa shape index (κ3) is 5.07. The number of rotatable bonds is 6. The van der Waals surface area contributed by atoms with Crippen molar-refractivity contribution in [3.05, 3.63) is 23.8 Å². The minimum absolute atomic E-state index is 0.0298. The van der Waals surface area contributed by atoms with E-state index < -0.39 is 5.97 Å². The Bertz CT molecular complexity index is 535. The summed E-state index contributed by atoms with van der Waals surface area (Å²) in [5.74, 6) is -1.06. The number of carboxylic acid groups (broad SMARTS) is 1. The lowest BCUT2D eigenvalue weighted by Gasteiger charge is -2.33. The molecule has 1 saturated heterocycles. The predicted octanol–water partition coefficient (Wildman–Crippen LogP) is 0.810. The van der Waals surface area contributed by atoms with E-state index in [2.05, 4.69) is 9.97 Å². The predicted molar refractivity (Wildman–Crippen MR) is 78.3 cm³/mol. The number of aromatic nitrogens is 2. The van der Waals surface area contributed by atoms with E-state index in [0.29, 0.717) is 19.7 Å². The minimum Gasteiger partial charge on any atom is -0.481 e. The Hall–Kier alpha value is -2.02. The Labute approximate surface area is 129 Å². The Balaban J connectivity index is 1.80. The summed E-state index contributed by atoms with van der Waals surface area (Å²) in [6, 6.07) is 1.94. The van der Waals surface area contributed by atoms with Crippen LogP contribution in [0.25, 0.3) is 0 Å². The molecule has 7 nitrogen and oxygen atoms in total. The number of ether oxygens (including phenoxy) is 1. The van der Waals surface area contributed by atoms with Crippen molar-refractivity contribution in [1.82, 2.24) is 14.9 Å². The highest BCUT2D eigenvalue weighted by molar-refractivity contribution is 5.80. The highest BCUT2D eigenvalue weighted by atomic mass is 16.5. The summed E-state index contributed by atoms with van der Waals surface area (Å²) in [5, 5.41) is 8.64. The van der Waals surface area contributed by atoms with Crippen LogP contribution in [0.1, 0.15) is 30.7 Å². The number of morpholine rings is 1. The second-order valence-corrected chi connectivity index (χ2v) is 5.42. The normalized spacial score (nSPS) is 18.2. The number of aliphatic carboxylic acids is 1. The van der Waals surface area contributed by atoms with E-state index in [1.165, 1.54) is 0 Å². The molecule has 22 heavy (non-hydrogen) atoms. The summed E-state index contributed by atoms with van der Waals surface area (Å²) >= 11 is 0. The van der Waals surface area contributed by atoms with Crippen LogP contribution < -0.4 is 0 Å². The zero-order chi connectivity index (χ0) is 15.9. The van der Waals surface area contributed by atoms with E-state index >= 15 is 0 Å². The van der Waals surface area contributed by atoms with Crippen molar-refractivity contribution in [2.24, 2.45) is 0 Å². The largest absolute Gasteiger partial charge is 0.481 e. The lowest BCUT2D eigenvalue weighted by Crippen LogP contribution is -2.45. The van der Waals surface area contributed by atoms with Gasteiger partial charge in [-0.1, -0.05) is 0 Å². The summed E-state index contributed by atoms with van der Waals surface area (Å²) < 4.78 is 5.68. The molecular weight excluding hydrogens is 286 g/mol. The SMILES string of the molecule is Cc1cc(CCC2CN(C(=O)CCC(=O)O)CCO2)ncn1. The van der Waals surface area contributed by atoms with Crippen LogP contribution in [0.3, 0.4) is 0 Å². The third-order valence-electron chi connectivity index (χ3n) is 3.63. The standard InChI is InChI=1S/C15H21N3O4/c1-11-8-12(17-10-16-11)2-3-13-9-18(6-7-22-13)14(19)4-5-15(20)21/h8,10,13H,2-7,9H2,1H3,(H,20,21). The van der Waals surface area contributed by atoms with Gasteiger partial charge in [0.1, 0.15) is 6.33 Å². The average molecular weight is 307 g/mol. The summed E-state index contributed by atoms with van der Waals surface area (Å²) in [4.78, 5) is 32.5. The number of hydrogen-bond donors (Lipinski definition) is 1. The number of amides is 1.